The molecule has 0 saturated heterocycles. The highest BCUT2D eigenvalue weighted by Gasteiger charge is 2.19. The minimum Gasteiger partial charge on any atom is -0.462 e. The number of carbonyl (C=O) groups is 1. The Hall–Kier alpha value is -3.29. The van der Waals surface area contributed by atoms with Crippen LogP contribution in [0.4, 0.5) is 0 Å². The van der Waals surface area contributed by atoms with Crippen molar-refractivity contribution in [3.8, 4) is 0 Å². The van der Waals surface area contributed by atoms with Gasteiger partial charge in [0.2, 0.25) is 11.6 Å². The van der Waals surface area contributed by atoms with Gasteiger partial charge in [-0.2, -0.15) is 4.98 Å². The Balaban J connectivity index is 2.15. The number of esters is 1. The van der Waals surface area contributed by atoms with Crippen molar-refractivity contribution in [1.82, 2.24) is 23.8 Å². The summed E-state index contributed by atoms with van der Waals surface area (Å²) in [6.45, 7) is 3.53. The van der Waals surface area contributed by atoms with Gasteiger partial charge in [-0.3, -0.25) is 4.79 Å². The summed E-state index contributed by atoms with van der Waals surface area (Å²) in [5, 5.41) is 0. The van der Waals surface area contributed by atoms with Gasteiger partial charge < -0.3 is 4.74 Å². The fourth-order valence-corrected chi connectivity index (χ4v) is 2.72. The van der Waals surface area contributed by atoms with Crippen LogP contribution in [0, 0.1) is 6.92 Å². The molecule has 4 rings (SSSR count). The van der Waals surface area contributed by atoms with Crippen LogP contribution in [0.15, 0.2) is 35.3 Å². The lowest BCUT2D eigenvalue weighted by Crippen LogP contribution is -2.27. The van der Waals surface area contributed by atoms with Crippen LogP contribution in [0.1, 0.15) is 23.1 Å². The van der Waals surface area contributed by atoms with Crippen molar-refractivity contribution in [3.63, 3.8) is 0 Å². The zero-order chi connectivity index (χ0) is 16.8. The topological polar surface area (TPSA) is 90.9 Å². The molecule has 0 aliphatic heterocycles. The molecular weight excluding hydrogens is 310 g/mol. The molecule has 0 bridgehead atoms. The first-order valence-corrected chi connectivity index (χ1v) is 7.44. The summed E-state index contributed by atoms with van der Waals surface area (Å²) >= 11 is 0. The van der Waals surface area contributed by atoms with E-state index in [1.807, 2.05) is 24.3 Å². The normalized spacial score (nSPS) is 11.4. The average Bonchev–Trinajstić information content (AvgIpc) is 2.93. The Morgan fingerprint density at radius 1 is 1.21 bits per heavy atom. The molecule has 0 fully saturated rings. The third-order valence-corrected chi connectivity index (χ3v) is 3.77. The summed E-state index contributed by atoms with van der Waals surface area (Å²) in [5.74, 6) is 0.504. The number of hydrogen-bond donors (Lipinski definition) is 0. The summed E-state index contributed by atoms with van der Waals surface area (Å²) < 4.78 is 7.90. The highest BCUT2D eigenvalue weighted by Crippen LogP contribution is 2.17. The molecule has 120 valence electrons. The van der Waals surface area contributed by atoms with Crippen LogP contribution in [0.25, 0.3) is 22.6 Å². The number of para-hydroxylation sites is 2. The first-order valence-electron chi connectivity index (χ1n) is 7.44. The van der Waals surface area contributed by atoms with Crippen molar-refractivity contribution in [1.29, 1.82) is 0 Å². The highest BCUT2D eigenvalue weighted by molar-refractivity contribution is 5.89. The number of hydrogen-bond acceptors (Lipinski definition) is 6. The van der Waals surface area contributed by atoms with Crippen molar-refractivity contribution in [2.45, 2.75) is 13.8 Å². The summed E-state index contributed by atoms with van der Waals surface area (Å²) in [4.78, 5) is 37.8. The predicted molar refractivity (Wildman–Crippen MR) is 86.2 cm³/mol. The second-order valence-corrected chi connectivity index (χ2v) is 5.23. The summed E-state index contributed by atoms with van der Waals surface area (Å²) in [7, 11) is 0. The smallest absolute Gasteiger partial charge is 0.345 e. The number of aromatic nitrogens is 5. The van der Waals surface area contributed by atoms with Crippen LogP contribution >= 0.6 is 0 Å². The molecule has 8 heteroatoms. The van der Waals surface area contributed by atoms with E-state index in [0.717, 1.165) is 11.0 Å². The van der Waals surface area contributed by atoms with Gasteiger partial charge >= 0.3 is 5.97 Å². The third kappa shape index (κ3) is 1.89. The molecule has 0 aliphatic carbocycles. The number of nitrogens with zero attached hydrogens (tertiary/aromatic N) is 5. The van der Waals surface area contributed by atoms with Gasteiger partial charge in [-0.25, -0.2) is 23.6 Å². The first kappa shape index (κ1) is 14.3. The van der Waals surface area contributed by atoms with Gasteiger partial charge in [0.1, 0.15) is 11.4 Å². The molecule has 0 radical (unpaired) electrons. The van der Waals surface area contributed by atoms with E-state index in [1.165, 1.54) is 10.6 Å². The number of aryl methyl sites for hydroxylation is 1. The van der Waals surface area contributed by atoms with E-state index >= 15 is 0 Å². The minimum atomic E-state index is -0.695. The molecule has 8 nitrogen and oxygen atoms in total. The summed E-state index contributed by atoms with van der Waals surface area (Å²) in [6.07, 6.45) is 1.24. The molecule has 3 heterocycles. The Bertz CT molecular complexity index is 1180. The molecule has 0 unspecified atom stereocenters. The van der Waals surface area contributed by atoms with Gasteiger partial charge in [0.15, 0.2) is 0 Å². The number of rotatable bonds is 2. The van der Waals surface area contributed by atoms with Crippen LogP contribution in [0.2, 0.25) is 0 Å². The van der Waals surface area contributed by atoms with E-state index in [1.54, 1.807) is 18.2 Å². The zero-order valence-electron chi connectivity index (χ0n) is 13.1. The molecule has 1 aromatic carbocycles. The van der Waals surface area contributed by atoms with Gasteiger partial charge in [-0.15, -0.1) is 0 Å². The van der Waals surface area contributed by atoms with E-state index < -0.39 is 11.5 Å². The average molecular weight is 323 g/mol. The van der Waals surface area contributed by atoms with Gasteiger partial charge in [0, 0.05) is 0 Å². The van der Waals surface area contributed by atoms with Crippen LogP contribution in [0.3, 0.4) is 0 Å². The lowest BCUT2D eigenvalue weighted by atomic mass is 10.3. The highest BCUT2D eigenvalue weighted by atomic mass is 16.5. The van der Waals surface area contributed by atoms with Crippen molar-refractivity contribution in [2.24, 2.45) is 0 Å². The number of fused-ring (bicyclic) bond motifs is 5. The van der Waals surface area contributed by atoms with Gasteiger partial charge in [-0.1, -0.05) is 12.1 Å². The number of carbonyl (C=O) groups excluding carboxylic acids is 1. The van der Waals surface area contributed by atoms with Crippen molar-refractivity contribution < 1.29 is 9.53 Å². The molecule has 0 amide bonds. The SMILES string of the molecule is CCOC(=O)c1cnc2n(c(C)nc3nc4ccccc4n32)c1=O. The van der Waals surface area contributed by atoms with E-state index in [0.29, 0.717) is 17.4 Å². The van der Waals surface area contributed by atoms with Gasteiger partial charge in [0.25, 0.3) is 5.56 Å². The molecule has 0 N–H and O–H groups in total. The third-order valence-electron chi connectivity index (χ3n) is 3.77. The molecule has 0 aliphatic rings. The molecule has 3 aromatic heterocycles. The fourth-order valence-electron chi connectivity index (χ4n) is 2.72. The lowest BCUT2D eigenvalue weighted by molar-refractivity contribution is 0.0523. The lowest BCUT2D eigenvalue weighted by Gasteiger charge is -2.08. The maximum atomic E-state index is 12.7. The molecule has 4 aromatic rings. The molecule has 0 saturated carbocycles. The van der Waals surface area contributed by atoms with E-state index in [9.17, 15) is 9.59 Å². The Morgan fingerprint density at radius 3 is 2.79 bits per heavy atom. The standard InChI is InChI=1S/C16H13N5O3/c1-3-24-14(23)10-8-17-16-20(13(10)22)9(2)18-15-19-11-6-4-5-7-12(11)21(15)16/h4-8H,3H2,1-2H3. The quantitative estimate of drug-likeness (QED) is 0.518. The molecular formula is C16H13N5O3. The van der Waals surface area contributed by atoms with Crippen molar-refractivity contribution in [3.05, 3.63) is 52.2 Å². The Morgan fingerprint density at radius 2 is 2.00 bits per heavy atom. The van der Waals surface area contributed by atoms with Gasteiger partial charge in [0.05, 0.1) is 23.8 Å². The Labute approximate surface area is 135 Å². The summed E-state index contributed by atoms with van der Waals surface area (Å²) in [6, 6.07) is 7.48. The largest absolute Gasteiger partial charge is 0.462 e. The molecule has 24 heavy (non-hydrogen) atoms. The van der Waals surface area contributed by atoms with Crippen LogP contribution in [-0.2, 0) is 4.74 Å². The molecule has 0 atom stereocenters. The predicted octanol–water partition coefficient (Wildman–Crippen LogP) is 1.38. The maximum absolute atomic E-state index is 12.7. The van der Waals surface area contributed by atoms with E-state index in [2.05, 4.69) is 15.0 Å². The van der Waals surface area contributed by atoms with E-state index in [4.69, 9.17) is 4.74 Å². The van der Waals surface area contributed by atoms with Crippen LogP contribution in [-0.4, -0.2) is 36.3 Å². The second-order valence-electron chi connectivity index (χ2n) is 5.23. The van der Waals surface area contributed by atoms with Crippen LogP contribution < -0.4 is 5.56 Å². The first-order chi connectivity index (χ1) is 11.6. The summed E-state index contributed by atoms with van der Waals surface area (Å²) in [5.41, 5.74) is 0.903. The Kier molecular flexibility index (Phi) is 3.05. The maximum Gasteiger partial charge on any atom is 0.345 e. The minimum absolute atomic E-state index is 0.122. The fraction of sp³-hybridized carbons (Fsp3) is 0.188. The zero-order valence-corrected chi connectivity index (χ0v) is 13.1. The van der Waals surface area contributed by atoms with Crippen molar-refractivity contribution in [2.75, 3.05) is 6.61 Å². The monoisotopic (exact) mass is 323 g/mol. The van der Waals surface area contributed by atoms with E-state index in [-0.39, 0.29) is 12.2 Å². The van der Waals surface area contributed by atoms with Crippen LogP contribution in [0.5, 0.6) is 0 Å². The molecule has 0 spiro atoms. The van der Waals surface area contributed by atoms with Gasteiger partial charge in [-0.05, 0) is 26.0 Å². The number of imidazole rings is 1. The number of ether oxygens (including phenoxy) is 1. The van der Waals surface area contributed by atoms with Crippen molar-refractivity contribution >= 4 is 28.6 Å². The second kappa shape index (κ2) is 5.12. The number of benzene rings is 1.